The van der Waals surface area contributed by atoms with Crippen LogP contribution in [0.15, 0.2) is 16.8 Å². The van der Waals surface area contributed by atoms with E-state index in [9.17, 15) is 8.42 Å². The van der Waals surface area contributed by atoms with Gasteiger partial charge in [0.1, 0.15) is 0 Å². The van der Waals surface area contributed by atoms with Crippen molar-refractivity contribution >= 4 is 21.2 Å². The van der Waals surface area contributed by atoms with E-state index in [1.54, 1.807) is 18.4 Å². The van der Waals surface area contributed by atoms with Gasteiger partial charge in [0.15, 0.2) is 9.84 Å². The van der Waals surface area contributed by atoms with Crippen LogP contribution in [0.1, 0.15) is 12.0 Å². The van der Waals surface area contributed by atoms with Crippen LogP contribution < -0.4 is 5.32 Å². The number of methoxy groups -OCH3 is 1. The summed E-state index contributed by atoms with van der Waals surface area (Å²) in [6.45, 7) is 1.86. The Bertz CT molecular complexity index is 401. The van der Waals surface area contributed by atoms with Gasteiger partial charge in [-0.1, -0.05) is 0 Å². The van der Waals surface area contributed by atoms with Crippen LogP contribution in [0.3, 0.4) is 0 Å². The van der Waals surface area contributed by atoms with Gasteiger partial charge in [0.05, 0.1) is 11.5 Å². The Morgan fingerprint density at radius 1 is 1.33 bits per heavy atom. The summed E-state index contributed by atoms with van der Waals surface area (Å²) in [4.78, 5) is 0. The van der Waals surface area contributed by atoms with Gasteiger partial charge in [0, 0.05) is 20.3 Å². The highest BCUT2D eigenvalue weighted by atomic mass is 32.2. The molecule has 0 amide bonds. The number of sulfone groups is 1. The van der Waals surface area contributed by atoms with Crippen molar-refractivity contribution in [3.63, 3.8) is 0 Å². The molecule has 0 bridgehead atoms. The predicted molar refractivity (Wildman–Crippen MR) is 76.0 cm³/mol. The molecule has 0 saturated carbocycles. The fourth-order valence-corrected chi connectivity index (χ4v) is 3.47. The number of nitrogens with one attached hydrogen (secondary N) is 1. The molecule has 0 aromatic carbocycles. The summed E-state index contributed by atoms with van der Waals surface area (Å²) >= 11 is 1.68. The highest BCUT2D eigenvalue weighted by Crippen LogP contribution is 2.05. The molecule has 0 saturated heterocycles. The van der Waals surface area contributed by atoms with Gasteiger partial charge in [-0.25, -0.2) is 8.42 Å². The lowest BCUT2D eigenvalue weighted by Gasteiger charge is -2.05. The molecular formula is C12H21NO3S2. The highest BCUT2D eigenvalue weighted by Gasteiger charge is 2.09. The Morgan fingerprint density at radius 2 is 2.17 bits per heavy atom. The van der Waals surface area contributed by atoms with E-state index in [4.69, 9.17) is 4.74 Å². The van der Waals surface area contributed by atoms with Crippen LogP contribution in [0.25, 0.3) is 0 Å². The van der Waals surface area contributed by atoms with Crippen LogP contribution in [-0.2, 0) is 21.0 Å². The molecule has 1 aromatic rings. The summed E-state index contributed by atoms with van der Waals surface area (Å²) in [6, 6.07) is 2.09. The van der Waals surface area contributed by atoms with Gasteiger partial charge in [0.2, 0.25) is 0 Å². The zero-order valence-corrected chi connectivity index (χ0v) is 12.4. The zero-order valence-electron chi connectivity index (χ0n) is 10.7. The first kappa shape index (κ1) is 15.6. The lowest BCUT2D eigenvalue weighted by Crippen LogP contribution is -2.26. The molecule has 104 valence electrons. The molecule has 0 unspecified atom stereocenters. The maximum Gasteiger partial charge on any atom is 0.151 e. The zero-order chi connectivity index (χ0) is 13.3. The molecule has 0 aliphatic heterocycles. The van der Waals surface area contributed by atoms with Gasteiger partial charge in [0.25, 0.3) is 0 Å². The topological polar surface area (TPSA) is 55.4 Å². The number of thiophene rings is 1. The average Bonchev–Trinajstić information content (AvgIpc) is 2.81. The Morgan fingerprint density at radius 3 is 2.83 bits per heavy atom. The molecule has 0 aliphatic rings. The monoisotopic (exact) mass is 291 g/mol. The SMILES string of the molecule is COCCCS(=O)(=O)CCNCCc1ccsc1. The highest BCUT2D eigenvalue weighted by molar-refractivity contribution is 7.91. The molecule has 1 rings (SSSR count). The van der Waals surface area contributed by atoms with Crippen LogP contribution in [0.4, 0.5) is 0 Å². The minimum atomic E-state index is -2.93. The van der Waals surface area contributed by atoms with Gasteiger partial charge in [-0.15, -0.1) is 0 Å². The van der Waals surface area contributed by atoms with Crippen molar-refractivity contribution in [2.24, 2.45) is 0 Å². The van der Waals surface area contributed by atoms with Gasteiger partial charge in [-0.3, -0.25) is 0 Å². The van der Waals surface area contributed by atoms with Crippen molar-refractivity contribution < 1.29 is 13.2 Å². The molecule has 0 radical (unpaired) electrons. The normalized spacial score (nSPS) is 11.8. The Hall–Kier alpha value is -0.430. The number of hydrogen-bond acceptors (Lipinski definition) is 5. The lowest BCUT2D eigenvalue weighted by molar-refractivity contribution is 0.199. The van der Waals surface area contributed by atoms with Crippen molar-refractivity contribution in [1.82, 2.24) is 5.32 Å². The van der Waals surface area contributed by atoms with Crippen molar-refractivity contribution in [2.45, 2.75) is 12.8 Å². The minimum Gasteiger partial charge on any atom is -0.385 e. The van der Waals surface area contributed by atoms with Crippen molar-refractivity contribution in [3.8, 4) is 0 Å². The quantitative estimate of drug-likeness (QED) is 0.661. The van der Waals surface area contributed by atoms with Crippen molar-refractivity contribution in [2.75, 3.05) is 38.3 Å². The Kier molecular flexibility index (Phi) is 7.50. The molecule has 6 heteroatoms. The van der Waals surface area contributed by atoms with Crippen LogP contribution in [0.2, 0.25) is 0 Å². The summed E-state index contributed by atoms with van der Waals surface area (Å²) in [6.07, 6.45) is 1.53. The van der Waals surface area contributed by atoms with E-state index in [0.29, 0.717) is 19.6 Å². The second kappa shape index (κ2) is 8.63. The summed E-state index contributed by atoms with van der Waals surface area (Å²) in [5, 5.41) is 7.33. The van der Waals surface area contributed by atoms with Gasteiger partial charge in [-0.2, -0.15) is 11.3 Å². The Balaban J connectivity index is 2.06. The average molecular weight is 291 g/mol. The molecule has 0 aliphatic carbocycles. The van der Waals surface area contributed by atoms with Gasteiger partial charge < -0.3 is 10.1 Å². The smallest absolute Gasteiger partial charge is 0.151 e. The first-order valence-electron chi connectivity index (χ1n) is 6.05. The summed E-state index contributed by atoms with van der Waals surface area (Å²) in [7, 11) is -1.35. The molecule has 4 nitrogen and oxygen atoms in total. The molecule has 1 heterocycles. The fraction of sp³-hybridized carbons (Fsp3) is 0.667. The lowest BCUT2D eigenvalue weighted by atomic mass is 10.2. The van der Waals surface area contributed by atoms with Gasteiger partial charge in [-0.05, 0) is 41.8 Å². The third-order valence-corrected chi connectivity index (χ3v) is 5.03. The molecule has 1 N–H and O–H groups in total. The van der Waals surface area contributed by atoms with Crippen LogP contribution in [0, 0.1) is 0 Å². The van der Waals surface area contributed by atoms with E-state index < -0.39 is 9.84 Å². The van der Waals surface area contributed by atoms with Crippen LogP contribution >= 0.6 is 11.3 Å². The Labute approximate surface area is 113 Å². The summed E-state index contributed by atoms with van der Waals surface area (Å²) < 4.78 is 28.0. The van der Waals surface area contributed by atoms with Crippen LogP contribution in [-0.4, -0.2) is 46.7 Å². The van der Waals surface area contributed by atoms with E-state index in [1.807, 2.05) is 0 Å². The summed E-state index contributed by atoms with van der Waals surface area (Å²) in [5.41, 5.74) is 1.30. The van der Waals surface area contributed by atoms with E-state index in [0.717, 1.165) is 13.0 Å². The maximum absolute atomic E-state index is 11.6. The first-order valence-corrected chi connectivity index (χ1v) is 8.81. The third kappa shape index (κ3) is 7.10. The molecule has 0 fully saturated rings. The van der Waals surface area contributed by atoms with Crippen LogP contribution in [0.5, 0.6) is 0 Å². The van der Waals surface area contributed by atoms with Crippen molar-refractivity contribution in [3.05, 3.63) is 22.4 Å². The molecule has 1 aromatic heterocycles. The van der Waals surface area contributed by atoms with E-state index in [2.05, 4.69) is 22.1 Å². The molecule has 0 spiro atoms. The third-order valence-electron chi connectivity index (χ3n) is 2.56. The predicted octanol–water partition coefficient (Wildman–Crippen LogP) is 1.33. The second-order valence-corrected chi connectivity index (χ2v) is 7.21. The van der Waals surface area contributed by atoms with E-state index in [-0.39, 0.29) is 11.5 Å². The first-order chi connectivity index (χ1) is 8.64. The van der Waals surface area contributed by atoms with Gasteiger partial charge >= 0.3 is 0 Å². The molecule has 18 heavy (non-hydrogen) atoms. The molecular weight excluding hydrogens is 270 g/mol. The number of ether oxygens (including phenoxy) is 1. The van der Waals surface area contributed by atoms with E-state index in [1.165, 1.54) is 5.56 Å². The standard InChI is InChI=1S/C12H21NO3S2/c1-16-7-2-9-18(14,15)10-6-13-5-3-12-4-8-17-11-12/h4,8,11,13H,2-3,5-7,9-10H2,1H3. The van der Waals surface area contributed by atoms with Crippen molar-refractivity contribution in [1.29, 1.82) is 0 Å². The summed E-state index contributed by atoms with van der Waals surface area (Å²) in [5.74, 6) is 0.424. The number of rotatable bonds is 10. The molecule has 0 atom stereocenters. The minimum absolute atomic E-state index is 0.209. The maximum atomic E-state index is 11.6. The fourth-order valence-electron chi connectivity index (χ4n) is 1.55. The number of hydrogen-bond donors (Lipinski definition) is 1. The van der Waals surface area contributed by atoms with E-state index >= 15 is 0 Å². The second-order valence-electron chi connectivity index (χ2n) is 4.13. The largest absolute Gasteiger partial charge is 0.385 e.